The second-order valence-electron chi connectivity index (χ2n) is 15.8. The summed E-state index contributed by atoms with van der Waals surface area (Å²) in [6.45, 7) is 14.6. The van der Waals surface area contributed by atoms with Gasteiger partial charge in [-0.05, 0) is 85.5 Å². The van der Waals surface area contributed by atoms with Crippen LogP contribution in [0, 0.1) is 5.92 Å². The lowest BCUT2D eigenvalue weighted by molar-refractivity contribution is -0.135. The van der Waals surface area contributed by atoms with Crippen LogP contribution in [0.1, 0.15) is 77.6 Å². The van der Waals surface area contributed by atoms with Gasteiger partial charge in [0.15, 0.2) is 0 Å². The van der Waals surface area contributed by atoms with Crippen molar-refractivity contribution in [1.82, 2.24) is 35.1 Å². The molecular weight excluding hydrogens is 695 g/mol. The molecule has 2 fully saturated rings. The maximum Gasteiger partial charge on any atom is 0.410 e. The Hall–Kier alpha value is -5.91. The molecule has 3 N–H and O–H groups in total. The van der Waals surface area contributed by atoms with Gasteiger partial charge in [-0.1, -0.05) is 74.5 Å². The van der Waals surface area contributed by atoms with E-state index in [1.54, 1.807) is 16.0 Å². The minimum atomic E-state index is -0.732. The number of rotatable bonds is 8. The summed E-state index contributed by atoms with van der Waals surface area (Å²) in [7, 11) is 1.28. The van der Waals surface area contributed by atoms with Crippen molar-refractivity contribution >= 4 is 28.9 Å². The van der Waals surface area contributed by atoms with E-state index < -0.39 is 17.7 Å². The molecule has 55 heavy (non-hydrogen) atoms. The minimum absolute atomic E-state index is 0.133. The van der Waals surface area contributed by atoms with Crippen molar-refractivity contribution in [2.24, 2.45) is 5.92 Å². The van der Waals surface area contributed by atoms with Gasteiger partial charge in [-0.3, -0.25) is 9.69 Å². The van der Waals surface area contributed by atoms with Gasteiger partial charge in [-0.15, -0.1) is 0 Å². The summed E-state index contributed by atoms with van der Waals surface area (Å²) >= 11 is 0. The third-order valence-electron chi connectivity index (χ3n) is 10.3. The van der Waals surface area contributed by atoms with Crippen molar-refractivity contribution in [3.8, 4) is 33.6 Å². The first-order chi connectivity index (χ1) is 26.3. The first kappa shape index (κ1) is 37.4. The van der Waals surface area contributed by atoms with Crippen LogP contribution >= 0.6 is 0 Å². The molecule has 12 nitrogen and oxygen atoms in total. The molecule has 4 heterocycles. The van der Waals surface area contributed by atoms with E-state index in [2.05, 4.69) is 87.5 Å². The van der Waals surface area contributed by atoms with E-state index in [4.69, 9.17) is 14.5 Å². The second-order valence-corrected chi connectivity index (χ2v) is 15.8. The van der Waals surface area contributed by atoms with Crippen molar-refractivity contribution < 1.29 is 23.9 Å². The minimum Gasteiger partial charge on any atom is -0.453 e. The van der Waals surface area contributed by atoms with Gasteiger partial charge < -0.3 is 29.7 Å². The van der Waals surface area contributed by atoms with E-state index in [1.165, 1.54) is 7.11 Å². The summed E-state index contributed by atoms with van der Waals surface area (Å²) in [6.07, 6.45) is 5.02. The summed E-state index contributed by atoms with van der Waals surface area (Å²) in [4.78, 5) is 58.3. The molecule has 0 radical (unpaired) electrons. The lowest BCUT2D eigenvalue weighted by atomic mass is 9.98. The van der Waals surface area contributed by atoms with E-state index in [0.717, 1.165) is 68.7 Å². The van der Waals surface area contributed by atoms with E-state index in [1.807, 2.05) is 40.8 Å². The Morgan fingerprint density at radius 3 is 2.05 bits per heavy atom. The number of benzene rings is 3. The highest BCUT2D eigenvalue weighted by Gasteiger charge is 2.39. The van der Waals surface area contributed by atoms with Crippen LogP contribution in [0.5, 0.6) is 0 Å². The molecule has 286 valence electrons. The molecular formula is C43H49N7O5. The smallest absolute Gasteiger partial charge is 0.410 e. The zero-order chi connectivity index (χ0) is 39.0. The van der Waals surface area contributed by atoms with Crippen molar-refractivity contribution in [1.29, 1.82) is 0 Å². The van der Waals surface area contributed by atoms with Crippen LogP contribution in [0.2, 0.25) is 0 Å². The molecule has 7 rings (SSSR count). The van der Waals surface area contributed by atoms with Crippen LogP contribution in [-0.4, -0.2) is 79.7 Å². The number of carbonyl (C=O) groups is 3. The first-order valence-corrected chi connectivity index (χ1v) is 18.8. The zero-order valence-corrected chi connectivity index (χ0v) is 32.3. The first-order valence-electron chi connectivity index (χ1n) is 18.8. The van der Waals surface area contributed by atoms with Gasteiger partial charge in [0.25, 0.3) is 0 Å². The number of ether oxygens (including phenoxy) is 2. The van der Waals surface area contributed by atoms with Gasteiger partial charge in [0.05, 0.1) is 43.0 Å². The fourth-order valence-corrected chi connectivity index (χ4v) is 7.48. The number of methoxy groups -OCH3 is 1. The van der Waals surface area contributed by atoms with E-state index >= 15 is 0 Å². The van der Waals surface area contributed by atoms with Gasteiger partial charge >= 0.3 is 12.2 Å². The third kappa shape index (κ3) is 7.99. The zero-order valence-electron chi connectivity index (χ0n) is 32.3. The normalized spacial score (nSPS) is 17.9. The molecule has 0 spiro atoms. The van der Waals surface area contributed by atoms with E-state index in [0.29, 0.717) is 25.3 Å². The Bertz CT molecular complexity index is 2230. The van der Waals surface area contributed by atoms with Gasteiger partial charge in [0, 0.05) is 18.7 Å². The van der Waals surface area contributed by atoms with E-state index in [9.17, 15) is 14.4 Å². The Balaban J connectivity index is 1.04. The average molecular weight is 744 g/mol. The highest BCUT2D eigenvalue weighted by molar-refractivity contribution is 5.91. The fraction of sp³-hybridized carbons (Fsp3) is 0.372. The Labute approximate surface area is 321 Å². The fourth-order valence-electron chi connectivity index (χ4n) is 7.48. The third-order valence-corrected chi connectivity index (χ3v) is 10.3. The lowest BCUT2D eigenvalue weighted by Crippen LogP contribution is -2.51. The predicted octanol–water partition coefficient (Wildman–Crippen LogP) is 8.57. The average Bonchev–Trinajstić information content (AvgIpc) is 3.99. The maximum absolute atomic E-state index is 13.7. The largest absolute Gasteiger partial charge is 0.453 e. The number of nitrogens with zero attached hydrogens (tertiary/aromatic N) is 4. The Morgan fingerprint density at radius 1 is 0.836 bits per heavy atom. The molecule has 0 aliphatic carbocycles. The van der Waals surface area contributed by atoms with Crippen molar-refractivity contribution in [3.05, 3.63) is 96.9 Å². The summed E-state index contributed by atoms with van der Waals surface area (Å²) in [5.41, 5.74) is 6.32. The quantitative estimate of drug-likeness (QED) is 0.135. The molecule has 3 amide bonds. The predicted molar refractivity (Wildman–Crippen MR) is 212 cm³/mol. The summed E-state index contributed by atoms with van der Waals surface area (Å²) in [5, 5.41) is 4.89. The standard InChI is InChI=1S/C43H49N7O5/c1-25(2)37(48-41(52)54-7)40(51)50-24-26(3)19-36(50)39-45-23-34(47-39)32-17-16-30-20-29(14-15-31(30)21-32)27-10-12-28(13-11-27)33-22-44-38(46-33)35-9-8-18-49(35)42(53)55-43(4,5)6/h10-17,20-23,25,35-37H,3,8-9,18-19,24H2,1-2,4-7H3,(H,44,46)(H,45,47)(H,48,52). The van der Waals surface area contributed by atoms with Crippen molar-refractivity contribution in [2.75, 3.05) is 20.2 Å². The number of hydrogen-bond acceptors (Lipinski definition) is 7. The van der Waals surface area contributed by atoms with Crippen molar-refractivity contribution in [2.45, 2.75) is 77.6 Å². The molecule has 2 aliphatic rings. The molecule has 3 aromatic carbocycles. The topological polar surface area (TPSA) is 146 Å². The van der Waals surface area contributed by atoms with Crippen LogP contribution in [-0.2, 0) is 14.3 Å². The molecule has 5 aromatic rings. The number of amides is 3. The van der Waals surface area contributed by atoms with Crippen LogP contribution in [0.3, 0.4) is 0 Å². The summed E-state index contributed by atoms with van der Waals surface area (Å²) in [6, 6.07) is 20.0. The summed E-state index contributed by atoms with van der Waals surface area (Å²) < 4.78 is 10.4. The number of carbonyl (C=O) groups excluding carboxylic acids is 3. The number of imidazole rings is 2. The molecule has 0 saturated carbocycles. The molecule has 2 saturated heterocycles. The van der Waals surface area contributed by atoms with Crippen LogP contribution in [0.15, 0.2) is 85.2 Å². The van der Waals surface area contributed by atoms with Gasteiger partial charge in [0.1, 0.15) is 23.3 Å². The van der Waals surface area contributed by atoms with Crippen LogP contribution in [0.25, 0.3) is 44.4 Å². The van der Waals surface area contributed by atoms with Crippen molar-refractivity contribution in [3.63, 3.8) is 0 Å². The van der Waals surface area contributed by atoms with Gasteiger partial charge in [-0.25, -0.2) is 19.6 Å². The molecule has 12 heteroatoms. The number of nitrogens with one attached hydrogen (secondary N) is 3. The summed E-state index contributed by atoms with van der Waals surface area (Å²) in [5.74, 6) is 1.12. The Morgan fingerprint density at radius 2 is 1.42 bits per heavy atom. The number of likely N-dealkylation sites (tertiary alicyclic amines) is 2. The monoisotopic (exact) mass is 743 g/mol. The molecule has 3 unspecified atom stereocenters. The second kappa shape index (κ2) is 15.1. The number of aromatic nitrogens is 4. The number of aromatic amines is 2. The van der Waals surface area contributed by atoms with Gasteiger partial charge in [0.2, 0.25) is 5.91 Å². The number of hydrogen-bond donors (Lipinski definition) is 3. The lowest BCUT2D eigenvalue weighted by Gasteiger charge is -2.29. The highest BCUT2D eigenvalue weighted by atomic mass is 16.6. The molecule has 0 bridgehead atoms. The van der Waals surface area contributed by atoms with Crippen LogP contribution in [0.4, 0.5) is 9.59 Å². The molecule has 3 atom stereocenters. The van der Waals surface area contributed by atoms with Gasteiger partial charge in [-0.2, -0.15) is 0 Å². The van der Waals surface area contributed by atoms with E-state index in [-0.39, 0.29) is 30.0 Å². The maximum atomic E-state index is 13.7. The number of fused-ring (bicyclic) bond motifs is 1. The SMILES string of the molecule is C=C1CC(c2ncc(-c3ccc4cc(-c5ccc(-c6cnc(C7CCCN7C(=O)OC(C)(C)C)[nH]6)cc5)ccc4c3)[nH]2)N(C(=O)C(NC(=O)OC)C(C)C)C1. The number of alkyl carbamates (subject to hydrolysis) is 1. The number of H-pyrrole nitrogens is 2. The Kier molecular flexibility index (Phi) is 10.3. The van der Waals surface area contributed by atoms with Crippen LogP contribution < -0.4 is 5.32 Å². The molecule has 2 aromatic heterocycles. The molecule has 2 aliphatic heterocycles. The highest BCUT2D eigenvalue weighted by Crippen LogP contribution is 2.37.